The molecule has 0 unspecified atom stereocenters. The van der Waals surface area contributed by atoms with Crippen LogP contribution in [0.15, 0.2) is 12.1 Å². The summed E-state index contributed by atoms with van der Waals surface area (Å²) in [6.45, 7) is 2.64. The molecule has 6 heteroatoms. The van der Waals surface area contributed by atoms with Crippen molar-refractivity contribution in [3.8, 4) is 5.88 Å². The minimum atomic E-state index is -1.03. The van der Waals surface area contributed by atoms with Crippen LogP contribution >= 0.6 is 0 Å². The van der Waals surface area contributed by atoms with E-state index in [0.29, 0.717) is 18.1 Å². The summed E-state index contributed by atoms with van der Waals surface area (Å²) >= 11 is 0. The maximum atomic E-state index is 11.4. The maximum Gasteiger partial charge on any atom is 0.356 e. The number of aromatic carboxylic acids is 1. The summed E-state index contributed by atoms with van der Waals surface area (Å²) in [4.78, 5) is 16.3. The van der Waals surface area contributed by atoms with E-state index in [1.54, 1.807) is 10.6 Å². The van der Waals surface area contributed by atoms with Crippen molar-refractivity contribution in [1.29, 1.82) is 0 Å². The zero-order chi connectivity index (χ0) is 17.9. The Labute approximate surface area is 152 Å². The summed E-state index contributed by atoms with van der Waals surface area (Å²) in [6.07, 6.45) is 8.70. The highest BCUT2D eigenvalue weighted by atomic mass is 16.5. The van der Waals surface area contributed by atoms with Gasteiger partial charge < -0.3 is 9.84 Å². The van der Waals surface area contributed by atoms with Crippen LogP contribution in [0.25, 0.3) is 5.65 Å². The third kappa shape index (κ3) is 2.42. The van der Waals surface area contributed by atoms with Crippen molar-refractivity contribution in [2.45, 2.75) is 57.3 Å². The number of carboxylic acid groups (broad SMARTS) is 1. The van der Waals surface area contributed by atoms with Crippen molar-refractivity contribution in [1.82, 2.24) is 14.6 Å². The maximum absolute atomic E-state index is 11.4. The van der Waals surface area contributed by atoms with Crippen LogP contribution in [-0.2, 0) is 5.41 Å². The molecule has 0 spiro atoms. The zero-order valence-corrected chi connectivity index (χ0v) is 15.1. The molecule has 0 amide bonds. The zero-order valence-electron chi connectivity index (χ0n) is 15.1. The number of ether oxygens (including phenoxy) is 1. The van der Waals surface area contributed by atoms with Gasteiger partial charge in [-0.25, -0.2) is 9.78 Å². The predicted molar refractivity (Wildman–Crippen MR) is 95.6 cm³/mol. The summed E-state index contributed by atoms with van der Waals surface area (Å²) in [5.74, 6) is 2.08. The topological polar surface area (TPSA) is 76.7 Å². The Morgan fingerprint density at radius 1 is 1.23 bits per heavy atom. The number of carboxylic acids is 1. The van der Waals surface area contributed by atoms with Gasteiger partial charge in [-0.05, 0) is 62.7 Å². The van der Waals surface area contributed by atoms with E-state index in [1.165, 1.54) is 38.5 Å². The molecule has 1 N–H and O–H groups in total. The molecular weight excluding hydrogens is 330 g/mol. The molecular formula is C20H25N3O3. The number of nitrogens with zero attached hydrogens (tertiary/aromatic N) is 3. The Balaban J connectivity index is 1.62. The molecule has 0 radical (unpaired) electrons. The summed E-state index contributed by atoms with van der Waals surface area (Å²) in [7, 11) is 0. The Hall–Kier alpha value is -2.11. The van der Waals surface area contributed by atoms with E-state index >= 15 is 0 Å². The summed E-state index contributed by atoms with van der Waals surface area (Å²) in [5.41, 5.74) is 1.84. The Morgan fingerprint density at radius 2 is 1.88 bits per heavy atom. The van der Waals surface area contributed by atoms with Gasteiger partial charge in [0.1, 0.15) is 0 Å². The van der Waals surface area contributed by atoms with Gasteiger partial charge in [0.2, 0.25) is 5.88 Å². The molecule has 2 aromatic rings. The molecule has 2 heterocycles. The lowest BCUT2D eigenvalue weighted by Gasteiger charge is -2.56. The highest BCUT2D eigenvalue weighted by Crippen LogP contribution is 2.60. The quantitative estimate of drug-likeness (QED) is 0.885. The van der Waals surface area contributed by atoms with Gasteiger partial charge in [-0.2, -0.15) is 9.61 Å². The van der Waals surface area contributed by atoms with Crippen molar-refractivity contribution in [2.24, 2.45) is 17.8 Å². The first-order valence-corrected chi connectivity index (χ1v) is 9.84. The van der Waals surface area contributed by atoms with Gasteiger partial charge in [0, 0.05) is 17.5 Å². The standard InChI is InChI=1S/C20H25N3O3/c1-2-3-26-18-8-16(21-17-7-15(19(24)25)22-23(17)18)20-9-12-4-13(10-20)6-14(5-12)11-20/h7-8,12-14H,2-6,9-11H2,1H3,(H,24,25). The predicted octanol–water partition coefficient (Wildman–Crippen LogP) is 3.68. The smallest absolute Gasteiger partial charge is 0.356 e. The van der Waals surface area contributed by atoms with E-state index in [0.717, 1.165) is 29.9 Å². The van der Waals surface area contributed by atoms with E-state index in [9.17, 15) is 9.90 Å². The van der Waals surface area contributed by atoms with Crippen LogP contribution in [0.1, 0.15) is 68.1 Å². The van der Waals surface area contributed by atoms with Crippen molar-refractivity contribution in [3.05, 3.63) is 23.5 Å². The first-order chi connectivity index (χ1) is 12.6. The highest BCUT2D eigenvalue weighted by Gasteiger charge is 2.52. The Morgan fingerprint density at radius 3 is 2.46 bits per heavy atom. The first kappa shape index (κ1) is 16.1. The van der Waals surface area contributed by atoms with Gasteiger partial charge in [-0.1, -0.05) is 6.92 Å². The second kappa shape index (κ2) is 5.69. The molecule has 6 rings (SSSR count). The molecule has 0 aromatic carbocycles. The van der Waals surface area contributed by atoms with Crippen LogP contribution in [-0.4, -0.2) is 32.3 Å². The lowest BCUT2D eigenvalue weighted by molar-refractivity contribution is -0.00728. The van der Waals surface area contributed by atoms with Gasteiger partial charge in [0.05, 0.1) is 12.3 Å². The van der Waals surface area contributed by atoms with Crippen molar-refractivity contribution in [3.63, 3.8) is 0 Å². The van der Waals surface area contributed by atoms with E-state index < -0.39 is 5.97 Å². The number of hydrogen-bond acceptors (Lipinski definition) is 4. The molecule has 0 saturated heterocycles. The number of aromatic nitrogens is 3. The minimum Gasteiger partial charge on any atom is -0.478 e. The van der Waals surface area contributed by atoms with E-state index in [2.05, 4.69) is 12.0 Å². The molecule has 138 valence electrons. The molecule has 6 nitrogen and oxygen atoms in total. The second-order valence-electron chi connectivity index (χ2n) is 8.63. The van der Waals surface area contributed by atoms with Crippen molar-refractivity contribution < 1.29 is 14.6 Å². The second-order valence-corrected chi connectivity index (χ2v) is 8.63. The van der Waals surface area contributed by atoms with Gasteiger partial charge >= 0.3 is 5.97 Å². The van der Waals surface area contributed by atoms with Gasteiger partial charge in [-0.3, -0.25) is 0 Å². The van der Waals surface area contributed by atoms with Crippen LogP contribution in [0, 0.1) is 17.8 Å². The number of fused-ring (bicyclic) bond motifs is 1. The van der Waals surface area contributed by atoms with E-state index in [-0.39, 0.29) is 11.1 Å². The van der Waals surface area contributed by atoms with Gasteiger partial charge in [0.15, 0.2) is 11.3 Å². The lowest BCUT2D eigenvalue weighted by atomic mass is 9.49. The normalized spacial score (nSPS) is 32.3. The highest BCUT2D eigenvalue weighted by molar-refractivity contribution is 5.86. The largest absolute Gasteiger partial charge is 0.478 e. The molecule has 4 bridgehead atoms. The molecule has 4 aliphatic rings. The van der Waals surface area contributed by atoms with Gasteiger partial charge in [0.25, 0.3) is 0 Å². The third-order valence-electron chi connectivity index (χ3n) is 6.65. The lowest BCUT2D eigenvalue weighted by Crippen LogP contribution is -2.49. The summed E-state index contributed by atoms with van der Waals surface area (Å²) < 4.78 is 7.48. The van der Waals surface area contributed by atoms with Crippen LogP contribution in [0.4, 0.5) is 0 Å². The fraction of sp³-hybridized carbons (Fsp3) is 0.650. The number of rotatable bonds is 5. The van der Waals surface area contributed by atoms with Crippen molar-refractivity contribution >= 4 is 11.6 Å². The average molecular weight is 355 g/mol. The Kier molecular flexibility index (Phi) is 3.52. The fourth-order valence-electron chi connectivity index (χ4n) is 6.06. The third-order valence-corrected chi connectivity index (χ3v) is 6.65. The fourth-order valence-corrected chi connectivity index (χ4v) is 6.06. The van der Waals surface area contributed by atoms with Crippen molar-refractivity contribution in [2.75, 3.05) is 6.61 Å². The molecule has 4 aliphatic carbocycles. The number of carbonyl (C=O) groups is 1. The minimum absolute atomic E-state index is 0.0153. The van der Waals surface area contributed by atoms with Crippen LogP contribution in [0.2, 0.25) is 0 Å². The molecule has 0 aliphatic heterocycles. The molecule has 2 aromatic heterocycles. The SMILES string of the molecule is CCCOc1cc(C23CC4CC(CC(C4)C2)C3)nc2cc(C(=O)O)nn12. The molecule has 26 heavy (non-hydrogen) atoms. The van der Waals surface area contributed by atoms with Crippen LogP contribution in [0.3, 0.4) is 0 Å². The van der Waals surface area contributed by atoms with Crippen LogP contribution < -0.4 is 4.74 Å². The average Bonchev–Trinajstić information content (AvgIpc) is 3.03. The van der Waals surface area contributed by atoms with Crippen LogP contribution in [0.5, 0.6) is 5.88 Å². The number of hydrogen-bond donors (Lipinski definition) is 1. The molecule has 0 atom stereocenters. The first-order valence-electron chi connectivity index (χ1n) is 9.84. The summed E-state index contributed by atoms with van der Waals surface area (Å²) in [6, 6.07) is 3.60. The van der Waals surface area contributed by atoms with E-state index in [4.69, 9.17) is 9.72 Å². The molecule has 4 saturated carbocycles. The summed E-state index contributed by atoms with van der Waals surface area (Å²) in [5, 5.41) is 13.5. The monoisotopic (exact) mass is 355 g/mol. The van der Waals surface area contributed by atoms with Gasteiger partial charge in [-0.15, -0.1) is 0 Å². The van der Waals surface area contributed by atoms with E-state index in [1.807, 2.05) is 6.07 Å². The molecule has 4 fully saturated rings. The Bertz CT molecular complexity index is 837.